The van der Waals surface area contributed by atoms with E-state index < -0.39 is 73.9 Å². The molecule has 4 saturated carbocycles. The maximum atomic E-state index is 11.7. The second-order valence-electron chi connectivity index (χ2n) is 14.9. The summed E-state index contributed by atoms with van der Waals surface area (Å²) >= 11 is 0. The van der Waals surface area contributed by atoms with Crippen molar-refractivity contribution < 1.29 is 49.7 Å². The van der Waals surface area contributed by atoms with Gasteiger partial charge in [0.2, 0.25) is 0 Å². The van der Waals surface area contributed by atoms with Gasteiger partial charge in [-0.05, 0) is 109 Å². The number of esters is 1. The molecule has 0 unspecified atom stereocenters. The number of carbonyl (C=O) groups excluding carboxylic acids is 2. The summed E-state index contributed by atoms with van der Waals surface area (Å²) < 4.78 is 109. The first-order chi connectivity index (χ1) is 26.3. The molecule has 0 aromatic rings. The maximum Gasteiger partial charge on any atom is 0.422 e. The number of nitrogens with one attached hydrogen (secondary N) is 1. The highest BCUT2D eigenvalue weighted by Crippen LogP contribution is 2.63. The molecule has 0 aromatic heterocycles. The van der Waals surface area contributed by atoms with E-state index >= 15 is 0 Å². The van der Waals surface area contributed by atoms with Gasteiger partial charge >= 0.3 is 18.2 Å². The number of aliphatic hydroxyl groups excluding tert-OH is 1. The first-order valence-corrected chi connectivity index (χ1v) is 16.8. The van der Waals surface area contributed by atoms with Gasteiger partial charge in [0.15, 0.2) is 6.61 Å². The summed E-state index contributed by atoms with van der Waals surface area (Å²) in [5.41, 5.74) is 7.30. The number of amides is 1. The Hall–Kier alpha value is -2.53. The van der Waals surface area contributed by atoms with Crippen molar-refractivity contribution in [3.8, 4) is 0 Å². The van der Waals surface area contributed by atoms with E-state index in [1.54, 1.807) is 39.8 Å². The lowest BCUT2D eigenvalue weighted by Crippen LogP contribution is -2.53. The summed E-state index contributed by atoms with van der Waals surface area (Å²) in [7, 11) is 6.02. The Morgan fingerprint density at radius 1 is 1.26 bits per heavy atom. The average molecular weight is 720 g/mol. The van der Waals surface area contributed by atoms with Crippen LogP contribution in [0.3, 0.4) is 0 Å². The zero-order valence-corrected chi connectivity index (χ0v) is 31.4. The van der Waals surface area contributed by atoms with Crippen LogP contribution in [0.25, 0.3) is 0 Å². The molecule has 7 nitrogen and oxygen atoms in total. The molecule has 2 radical (unpaired) electrons. The van der Waals surface area contributed by atoms with E-state index in [9.17, 15) is 27.9 Å². The van der Waals surface area contributed by atoms with Gasteiger partial charge in [0.25, 0.3) is 0 Å². The quantitative estimate of drug-likeness (QED) is 0.0879. The number of rotatable bonds is 4. The number of alkyl carbamates (subject to hydrolysis) is 1. The Kier molecular flexibility index (Phi) is 14.5. The maximum absolute atomic E-state index is 11.7. The largest absolute Gasteiger partial charge is 0.453 e. The minimum atomic E-state index is -4.67. The summed E-state index contributed by atoms with van der Waals surface area (Å²) in [6, 6.07) is -4.52. The summed E-state index contributed by atoms with van der Waals surface area (Å²) in [6.45, 7) is 21.8. The summed E-state index contributed by atoms with van der Waals surface area (Å²) in [4.78, 5) is 22.1. The van der Waals surface area contributed by atoms with E-state index in [4.69, 9.17) is 30.7 Å². The monoisotopic (exact) mass is 720 g/mol. The Labute approximate surface area is 314 Å². The standard InChI is InChI=1S/C12H21NO2.C10H17B.C7H15NO.C5H5F3O2.C5H8/c1-9-5-7-10(8-6-9)13-11(14)15-12(2,3)4;1-6-8-4-7(5-9(6)11)10(8,2)3;1-5-2-3-6(8)4-7(5)9;1-2-4(9)10-3-5(6,7)8;1-4-5(2)3/h5,10H,6-8H2,1-4H3,(H,13,14);6-9H,4-5H2,1-3H3;5-7,9H,2-4,8H2,1H3;2H,1,3H2;4H,1-2H2,3H3/t10-;6-,7+,8-,9-;5-,6-,7-;;/m001../s1/i8D2,10D;;3D2,6D;1D2,2D;. The average Bonchev–Trinajstić information content (AvgIpc) is 3.04. The van der Waals surface area contributed by atoms with Gasteiger partial charge < -0.3 is 25.6 Å². The van der Waals surface area contributed by atoms with Crippen LogP contribution in [0.15, 0.2) is 49.0 Å². The van der Waals surface area contributed by atoms with Crippen LogP contribution >= 0.6 is 0 Å². The van der Waals surface area contributed by atoms with E-state index in [1.807, 2.05) is 13.8 Å². The van der Waals surface area contributed by atoms with Crippen molar-refractivity contribution >= 4 is 19.9 Å². The molecule has 1 amide bonds. The molecule has 5 aliphatic carbocycles. The predicted octanol–water partition coefficient (Wildman–Crippen LogP) is 9.18. The molecule has 4 fully saturated rings. The molecule has 0 saturated heterocycles. The minimum absolute atomic E-state index is 0.0150. The molecule has 286 valence electrons. The lowest BCUT2D eigenvalue weighted by molar-refractivity contribution is -0.182. The smallest absolute Gasteiger partial charge is 0.422 e. The number of carbonyl (C=O) groups is 2. The van der Waals surface area contributed by atoms with E-state index in [0.717, 1.165) is 28.9 Å². The minimum Gasteiger partial charge on any atom is -0.453 e. The van der Waals surface area contributed by atoms with Crippen molar-refractivity contribution in [1.29, 1.82) is 0 Å². The summed E-state index contributed by atoms with van der Waals surface area (Å²) in [6.07, 6.45) is -2.87. The lowest BCUT2D eigenvalue weighted by Gasteiger charge is -2.62. The SMILES string of the molecule is C=CC(=C)C.[2H]C([2H])=C([2H])C(=O)OCC(F)(F)F.[2H]C1([2H])CC(C)=CC[C@]1([2H])NC(=O)OC(C)(C)C.[2H]C1([2H])C[C@@H](C)[C@H](O)C[C@]1([2H])N.[B][C@H]1C[C@H]2C[C@@H]([C@@H]1C)C2(C)C. The van der Waals surface area contributed by atoms with Crippen molar-refractivity contribution in [2.24, 2.45) is 34.8 Å². The molecule has 0 aliphatic heterocycles. The zero-order valence-electron chi connectivity index (χ0n) is 40.4. The molecule has 11 heteroatoms. The van der Waals surface area contributed by atoms with Crippen LogP contribution in [0.1, 0.15) is 126 Å². The molecule has 0 aromatic carbocycles. The predicted molar refractivity (Wildman–Crippen MR) is 199 cm³/mol. The molecule has 4 N–H and O–H groups in total. The highest BCUT2D eigenvalue weighted by Gasteiger charge is 2.54. The molecular weight excluding hydrogens is 644 g/mol. The van der Waals surface area contributed by atoms with Crippen LogP contribution in [-0.4, -0.2) is 61.5 Å². The van der Waals surface area contributed by atoms with Crippen molar-refractivity contribution in [3.63, 3.8) is 0 Å². The normalized spacial score (nSPS) is 36.7. The summed E-state index contributed by atoms with van der Waals surface area (Å²) in [5, 5.41) is 11.7. The molecule has 50 heavy (non-hydrogen) atoms. The van der Waals surface area contributed by atoms with Gasteiger partial charge in [0.1, 0.15) is 5.60 Å². The van der Waals surface area contributed by atoms with Gasteiger partial charge in [0.05, 0.1) is 19.4 Å². The van der Waals surface area contributed by atoms with E-state index in [2.05, 4.69) is 44.0 Å². The van der Waals surface area contributed by atoms with E-state index in [-0.39, 0.29) is 31.6 Å². The van der Waals surface area contributed by atoms with Gasteiger partial charge in [-0.2, -0.15) is 13.2 Å². The van der Waals surface area contributed by atoms with Crippen molar-refractivity contribution in [3.05, 3.63) is 49.0 Å². The third-order valence-corrected chi connectivity index (χ3v) is 8.85. The first kappa shape index (κ1) is 33.3. The van der Waals surface area contributed by atoms with Gasteiger partial charge in [-0.1, -0.05) is 82.9 Å². The number of hydrogen-bond acceptors (Lipinski definition) is 6. The molecule has 5 aliphatic rings. The molecule has 0 spiro atoms. The fourth-order valence-electron chi connectivity index (χ4n) is 5.49. The van der Waals surface area contributed by atoms with Crippen molar-refractivity contribution in [1.82, 2.24) is 5.32 Å². The second-order valence-corrected chi connectivity index (χ2v) is 14.9. The number of aliphatic hydroxyl groups is 1. The topological polar surface area (TPSA) is 111 Å². The molecule has 5 rings (SSSR count). The lowest BCUT2D eigenvalue weighted by atomic mass is 9.41. The second kappa shape index (κ2) is 21.7. The van der Waals surface area contributed by atoms with Gasteiger partial charge in [-0.15, -0.1) is 0 Å². The highest BCUT2D eigenvalue weighted by molar-refractivity contribution is 6.12. The van der Waals surface area contributed by atoms with E-state index in [1.165, 1.54) is 12.8 Å². The van der Waals surface area contributed by atoms with Crippen molar-refractivity contribution in [2.45, 2.75) is 149 Å². The number of allylic oxidation sites excluding steroid dienone is 3. The van der Waals surface area contributed by atoms with Crippen LogP contribution in [0.4, 0.5) is 18.0 Å². The van der Waals surface area contributed by atoms with Crippen molar-refractivity contribution in [2.75, 3.05) is 6.61 Å². The number of ether oxygens (including phenoxy) is 2. The first-order valence-electron chi connectivity index (χ1n) is 21.3. The van der Waals surface area contributed by atoms with Crippen LogP contribution in [0.5, 0.6) is 0 Å². The number of fused-ring (bicyclic) bond motifs is 2. The highest BCUT2D eigenvalue weighted by atomic mass is 19.4. The Morgan fingerprint density at radius 3 is 2.28 bits per heavy atom. The summed E-state index contributed by atoms with van der Waals surface area (Å²) in [5.74, 6) is 1.36. The Bertz CT molecular complexity index is 1500. The van der Waals surface area contributed by atoms with E-state index in [0.29, 0.717) is 11.2 Å². The zero-order chi connectivity index (χ0) is 46.9. The van der Waals surface area contributed by atoms with Gasteiger partial charge in [-0.3, -0.25) is 0 Å². The molecule has 2 bridgehead atoms. The number of alkyl halides is 3. The Morgan fingerprint density at radius 2 is 1.86 bits per heavy atom. The number of nitrogens with two attached hydrogens (primary N) is 1. The third kappa shape index (κ3) is 19.8. The third-order valence-electron chi connectivity index (χ3n) is 8.85. The molecular formula is C39H66BF3N2O5. The Balaban J connectivity index is 0.000000742. The van der Waals surface area contributed by atoms with Crippen LogP contribution in [-0.2, 0) is 14.3 Å². The molecule has 0 heterocycles. The van der Waals surface area contributed by atoms with Crippen LogP contribution in [0.2, 0.25) is 5.82 Å². The number of halogens is 3. The van der Waals surface area contributed by atoms with Crippen LogP contribution < -0.4 is 11.1 Å². The molecule has 8 atom stereocenters. The number of hydrogen-bond donors (Lipinski definition) is 3. The fraction of sp³-hybridized carbons (Fsp3) is 0.744. The van der Waals surface area contributed by atoms with Gasteiger partial charge in [-0.25, -0.2) is 9.59 Å². The fourth-order valence-corrected chi connectivity index (χ4v) is 5.49. The van der Waals surface area contributed by atoms with Gasteiger partial charge in [0, 0.05) is 24.9 Å². The van der Waals surface area contributed by atoms with Crippen LogP contribution in [0, 0.1) is 29.1 Å².